The van der Waals surface area contributed by atoms with Gasteiger partial charge in [-0.15, -0.1) is 0 Å². The molecular weight excluding hydrogens is 268 g/mol. The molecule has 1 aromatic heterocycles. The molecule has 0 amide bonds. The molecule has 0 saturated heterocycles. The van der Waals surface area contributed by atoms with Gasteiger partial charge in [0.1, 0.15) is 5.69 Å². The molecule has 6 nitrogen and oxygen atoms in total. The van der Waals surface area contributed by atoms with Crippen LogP contribution in [0.15, 0.2) is 30.5 Å². The van der Waals surface area contributed by atoms with Gasteiger partial charge in [-0.2, -0.15) is 5.10 Å². The zero-order valence-corrected chi connectivity index (χ0v) is 11.1. The number of benzene rings is 1. The van der Waals surface area contributed by atoms with Crippen LogP contribution in [0.5, 0.6) is 0 Å². The van der Waals surface area contributed by atoms with Crippen molar-refractivity contribution in [1.82, 2.24) is 9.78 Å². The second-order valence-corrected chi connectivity index (χ2v) is 4.35. The van der Waals surface area contributed by atoms with E-state index in [-0.39, 0.29) is 5.69 Å². The normalized spacial score (nSPS) is 10.4. The number of nitro groups is 1. The summed E-state index contributed by atoms with van der Waals surface area (Å²) in [6.07, 6.45) is 1.70. The number of aryl methyl sites for hydroxylation is 1. The van der Waals surface area contributed by atoms with Crippen molar-refractivity contribution in [3.05, 3.63) is 51.3 Å². The Labute approximate surface area is 115 Å². The highest BCUT2D eigenvalue weighted by Crippen LogP contribution is 2.27. The van der Waals surface area contributed by atoms with Crippen molar-refractivity contribution in [2.24, 2.45) is 0 Å². The molecule has 0 fully saturated rings. The van der Waals surface area contributed by atoms with Gasteiger partial charge < -0.3 is 5.32 Å². The topological polar surface area (TPSA) is 73.0 Å². The van der Waals surface area contributed by atoms with Crippen LogP contribution in [0.1, 0.15) is 12.6 Å². The number of anilines is 1. The van der Waals surface area contributed by atoms with Crippen LogP contribution in [-0.2, 0) is 13.1 Å². The summed E-state index contributed by atoms with van der Waals surface area (Å²) in [7, 11) is 0. The Morgan fingerprint density at radius 1 is 1.47 bits per heavy atom. The summed E-state index contributed by atoms with van der Waals surface area (Å²) < 4.78 is 1.82. The van der Waals surface area contributed by atoms with Gasteiger partial charge in [0.2, 0.25) is 0 Å². The van der Waals surface area contributed by atoms with Gasteiger partial charge in [0.15, 0.2) is 0 Å². The third kappa shape index (κ3) is 3.03. The van der Waals surface area contributed by atoms with Crippen LogP contribution in [0, 0.1) is 10.1 Å². The maximum Gasteiger partial charge on any atom is 0.292 e. The zero-order valence-electron chi connectivity index (χ0n) is 10.3. The van der Waals surface area contributed by atoms with Crippen LogP contribution >= 0.6 is 11.6 Å². The van der Waals surface area contributed by atoms with E-state index in [9.17, 15) is 10.1 Å². The van der Waals surface area contributed by atoms with E-state index < -0.39 is 4.92 Å². The molecule has 1 aromatic carbocycles. The van der Waals surface area contributed by atoms with Crippen molar-refractivity contribution in [2.75, 3.05) is 5.32 Å². The molecule has 100 valence electrons. The molecule has 2 aromatic rings. The second kappa shape index (κ2) is 5.71. The van der Waals surface area contributed by atoms with E-state index >= 15 is 0 Å². The highest BCUT2D eigenvalue weighted by Gasteiger charge is 2.14. The molecule has 19 heavy (non-hydrogen) atoms. The fourth-order valence-electron chi connectivity index (χ4n) is 1.79. The first kappa shape index (κ1) is 13.4. The molecule has 0 saturated carbocycles. The summed E-state index contributed by atoms with van der Waals surface area (Å²) in [5.41, 5.74) is 1.37. The Morgan fingerprint density at radius 3 is 2.95 bits per heavy atom. The Hall–Kier alpha value is -2.08. The fraction of sp³-hybridized carbons (Fsp3) is 0.250. The maximum absolute atomic E-state index is 10.9. The predicted octanol–water partition coefficient (Wildman–Crippen LogP) is 3.08. The summed E-state index contributed by atoms with van der Waals surface area (Å²) in [5.74, 6) is 0. The lowest BCUT2D eigenvalue weighted by atomic mass is 10.2. The van der Waals surface area contributed by atoms with Gasteiger partial charge in [-0.05, 0) is 25.1 Å². The second-order valence-electron chi connectivity index (χ2n) is 3.91. The number of nitro benzene ring substituents is 1. The first-order chi connectivity index (χ1) is 9.11. The number of hydrogen-bond acceptors (Lipinski definition) is 4. The van der Waals surface area contributed by atoms with Gasteiger partial charge in [0.05, 0.1) is 17.2 Å². The molecule has 0 spiro atoms. The first-order valence-corrected chi connectivity index (χ1v) is 6.18. The van der Waals surface area contributed by atoms with E-state index in [0.29, 0.717) is 17.3 Å². The highest BCUT2D eigenvalue weighted by atomic mass is 35.5. The van der Waals surface area contributed by atoms with Gasteiger partial charge in [-0.25, -0.2) is 0 Å². The van der Waals surface area contributed by atoms with E-state index in [2.05, 4.69) is 10.4 Å². The molecule has 0 unspecified atom stereocenters. The van der Waals surface area contributed by atoms with Crippen LogP contribution in [0.4, 0.5) is 11.4 Å². The molecule has 2 rings (SSSR count). The van der Waals surface area contributed by atoms with Crippen molar-refractivity contribution in [3.8, 4) is 0 Å². The van der Waals surface area contributed by atoms with Crippen LogP contribution in [0.3, 0.4) is 0 Å². The minimum absolute atomic E-state index is 0.00645. The molecule has 0 radical (unpaired) electrons. The van der Waals surface area contributed by atoms with Crippen LogP contribution in [-0.4, -0.2) is 14.7 Å². The summed E-state index contributed by atoms with van der Waals surface area (Å²) >= 11 is 5.86. The summed E-state index contributed by atoms with van der Waals surface area (Å²) in [6.45, 7) is 3.19. The Kier molecular flexibility index (Phi) is 4.01. The molecule has 1 N–H and O–H groups in total. The summed E-state index contributed by atoms with van der Waals surface area (Å²) in [4.78, 5) is 10.5. The maximum atomic E-state index is 10.9. The Morgan fingerprint density at radius 2 is 2.26 bits per heavy atom. The summed E-state index contributed by atoms with van der Waals surface area (Å²) in [5, 5.41) is 18.5. The lowest BCUT2D eigenvalue weighted by Crippen LogP contribution is -2.08. The lowest BCUT2D eigenvalue weighted by molar-refractivity contribution is -0.384. The minimum Gasteiger partial charge on any atom is -0.374 e. The monoisotopic (exact) mass is 280 g/mol. The standard InChI is InChI=1S/C12H13ClN4O2/c1-2-16-10(5-6-15-16)8-14-11-7-9(13)3-4-12(11)17(18)19/h3-7,14H,2,8H2,1H3. The molecule has 1 heterocycles. The van der Waals surface area contributed by atoms with E-state index in [1.165, 1.54) is 12.1 Å². The van der Waals surface area contributed by atoms with Gasteiger partial charge in [-0.3, -0.25) is 14.8 Å². The van der Waals surface area contributed by atoms with Gasteiger partial charge in [0.25, 0.3) is 5.69 Å². The van der Waals surface area contributed by atoms with Crippen molar-refractivity contribution < 1.29 is 4.92 Å². The molecular formula is C12H13ClN4O2. The lowest BCUT2D eigenvalue weighted by Gasteiger charge is -2.08. The number of aromatic nitrogens is 2. The SMILES string of the molecule is CCn1nccc1CNc1cc(Cl)ccc1[N+](=O)[O-]. The smallest absolute Gasteiger partial charge is 0.292 e. The molecule has 0 atom stereocenters. The van der Waals surface area contributed by atoms with Gasteiger partial charge in [-0.1, -0.05) is 11.6 Å². The van der Waals surface area contributed by atoms with Crippen molar-refractivity contribution >= 4 is 23.0 Å². The van der Waals surface area contributed by atoms with Crippen molar-refractivity contribution in [1.29, 1.82) is 0 Å². The van der Waals surface area contributed by atoms with Crippen LogP contribution in [0.2, 0.25) is 5.02 Å². The predicted molar refractivity (Wildman–Crippen MR) is 73.3 cm³/mol. The number of nitrogens with one attached hydrogen (secondary N) is 1. The molecule has 0 aliphatic rings. The Bertz CT molecular complexity index is 597. The number of rotatable bonds is 5. The van der Waals surface area contributed by atoms with Crippen LogP contribution < -0.4 is 5.32 Å². The van der Waals surface area contributed by atoms with Crippen LogP contribution in [0.25, 0.3) is 0 Å². The molecule has 0 aliphatic carbocycles. The molecule has 0 aliphatic heterocycles. The van der Waals surface area contributed by atoms with E-state index in [4.69, 9.17) is 11.6 Å². The fourth-order valence-corrected chi connectivity index (χ4v) is 1.96. The average Bonchev–Trinajstić information content (AvgIpc) is 2.83. The van der Waals surface area contributed by atoms with Crippen molar-refractivity contribution in [3.63, 3.8) is 0 Å². The largest absolute Gasteiger partial charge is 0.374 e. The Balaban J connectivity index is 2.19. The molecule has 7 heteroatoms. The van der Waals surface area contributed by atoms with Gasteiger partial charge >= 0.3 is 0 Å². The minimum atomic E-state index is -0.435. The van der Waals surface area contributed by atoms with Gasteiger partial charge in [0, 0.05) is 23.8 Å². The highest BCUT2D eigenvalue weighted by molar-refractivity contribution is 6.31. The zero-order chi connectivity index (χ0) is 13.8. The molecule has 0 bridgehead atoms. The number of hydrogen-bond donors (Lipinski definition) is 1. The van der Waals surface area contributed by atoms with E-state index in [1.54, 1.807) is 12.3 Å². The number of halogens is 1. The van der Waals surface area contributed by atoms with Crippen molar-refractivity contribution in [2.45, 2.75) is 20.0 Å². The first-order valence-electron chi connectivity index (χ1n) is 5.80. The third-order valence-electron chi connectivity index (χ3n) is 2.72. The van der Waals surface area contributed by atoms with E-state index in [0.717, 1.165) is 12.2 Å². The summed E-state index contributed by atoms with van der Waals surface area (Å²) in [6, 6.07) is 6.31. The average molecular weight is 281 g/mol. The number of nitrogens with zero attached hydrogens (tertiary/aromatic N) is 3. The van der Waals surface area contributed by atoms with E-state index in [1.807, 2.05) is 17.7 Å². The quantitative estimate of drug-likeness (QED) is 0.675. The third-order valence-corrected chi connectivity index (χ3v) is 2.95.